The molecule has 1 heterocycles. The Morgan fingerprint density at radius 2 is 2.13 bits per heavy atom. The molecular formula is C21H27ClN2O6. The van der Waals surface area contributed by atoms with Crippen LogP contribution in [0.15, 0.2) is 18.2 Å². The van der Waals surface area contributed by atoms with Crippen molar-refractivity contribution in [1.29, 1.82) is 0 Å². The fourth-order valence-corrected chi connectivity index (χ4v) is 3.68. The van der Waals surface area contributed by atoms with Gasteiger partial charge in [0, 0.05) is 35.6 Å². The minimum atomic E-state index is -1.03. The molecular weight excluding hydrogens is 412 g/mol. The Kier molecular flexibility index (Phi) is 7.69. The van der Waals surface area contributed by atoms with Gasteiger partial charge >= 0.3 is 6.09 Å². The standard InChI is InChI=1S/C21H27ClN2O6/c1-12(30-21(23)27)18(25)10-15-14(5-4-6-16(15)22)20(26)24-17-9-13(17)11-29-19-7-2-3-8-28-19/h4-6,12-13,17,19H,2-3,7-11H2,1H3,(H2,23,27)(H,24,26). The van der Waals surface area contributed by atoms with E-state index in [2.05, 4.69) is 5.32 Å². The number of ketones is 1. The van der Waals surface area contributed by atoms with Gasteiger partial charge in [0.15, 0.2) is 18.2 Å². The van der Waals surface area contributed by atoms with Crippen molar-refractivity contribution in [3.63, 3.8) is 0 Å². The Hall–Kier alpha value is -2.16. The van der Waals surface area contributed by atoms with E-state index < -0.39 is 18.0 Å². The van der Waals surface area contributed by atoms with Crippen molar-refractivity contribution in [3.8, 4) is 0 Å². The number of Topliss-reactive ketones (excluding diaryl/α,β-unsaturated/α-hetero) is 1. The maximum Gasteiger partial charge on any atom is 0.405 e. The Labute approximate surface area is 180 Å². The predicted octanol–water partition coefficient (Wildman–Crippen LogP) is 2.60. The highest BCUT2D eigenvalue weighted by Gasteiger charge is 2.39. The monoisotopic (exact) mass is 438 g/mol. The molecule has 0 aromatic heterocycles. The molecule has 164 valence electrons. The Morgan fingerprint density at radius 3 is 2.83 bits per heavy atom. The van der Waals surface area contributed by atoms with E-state index in [0.717, 1.165) is 32.3 Å². The second-order valence-electron chi connectivity index (χ2n) is 7.69. The molecule has 9 heteroatoms. The molecule has 4 unspecified atom stereocenters. The smallest absolute Gasteiger partial charge is 0.405 e. The Morgan fingerprint density at radius 1 is 1.33 bits per heavy atom. The van der Waals surface area contributed by atoms with E-state index in [-0.39, 0.29) is 30.6 Å². The van der Waals surface area contributed by atoms with Crippen LogP contribution in [0.1, 0.15) is 48.5 Å². The zero-order valence-corrected chi connectivity index (χ0v) is 17.7. The van der Waals surface area contributed by atoms with Crippen LogP contribution < -0.4 is 11.1 Å². The zero-order chi connectivity index (χ0) is 21.7. The van der Waals surface area contributed by atoms with Gasteiger partial charge in [0.2, 0.25) is 0 Å². The van der Waals surface area contributed by atoms with Gasteiger partial charge in [-0.15, -0.1) is 0 Å². The van der Waals surface area contributed by atoms with Gasteiger partial charge in [-0.05, 0) is 50.3 Å². The molecule has 1 aromatic carbocycles. The van der Waals surface area contributed by atoms with Crippen LogP contribution in [0, 0.1) is 5.92 Å². The lowest BCUT2D eigenvalue weighted by molar-refractivity contribution is -0.164. The Bertz CT molecular complexity index is 796. The molecule has 1 saturated heterocycles. The van der Waals surface area contributed by atoms with E-state index in [1.54, 1.807) is 18.2 Å². The SMILES string of the molecule is CC(OC(N)=O)C(=O)Cc1c(Cl)cccc1C(=O)NC1CC1COC1CCCCO1. The normalized spacial score (nSPS) is 24.0. The number of rotatable bonds is 9. The summed E-state index contributed by atoms with van der Waals surface area (Å²) in [6, 6.07) is 4.90. The maximum absolute atomic E-state index is 12.8. The lowest BCUT2D eigenvalue weighted by Gasteiger charge is -2.22. The molecule has 0 radical (unpaired) electrons. The number of carbonyl (C=O) groups excluding carboxylic acids is 3. The van der Waals surface area contributed by atoms with Crippen LogP contribution in [0.3, 0.4) is 0 Å². The first-order chi connectivity index (χ1) is 14.3. The number of amides is 2. The number of hydrogen-bond acceptors (Lipinski definition) is 6. The van der Waals surface area contributed by atoms with Crippen molar-refractivity contribution in [2.45, 2.75) is 57.5 Å². The van der Waals surface area contributed by atoms with E-state index in [4.69, 9.17) is 31.5 Å². The van der Waals surface area contributed by atoms with Crippen molar-refractivity contribution >= 4 is 29.4 Å². The first kappa shape index (κ1) is 22.5. The minimum absolute atomic E-state index is 0.0146. The lowest BCUT2D eigenvalue weighted by Crippen LogP contribution is -2.31. The van der Waals surface area contributed by atoms with E-state index in [9.17, 15) is 14.4 Å². The molecule has 4 atom stereocenters. The van der Waals surface area contributed by atoms with Crippen molar-refractivity contribution < 1.29 is 28.6 Å². The average molecular weight is 439 g/mol. The third kappa shape index (κ3) is 6.17. The van der Waals surface area contributed by atoms with Crippen LogP contribution in [0.5, 0.6) is 0 Å². The van der Waals surface area contributed by atoms with Crippen molar-refractivity contribution in [2.75, 3.05) is 13.2 Å². The topological polar surface area (TPSA) is 117 Å². The van der Waals surface area contributed by atoms with Crippen LogP contribution in [-0.2, 0) is 25.4 Å². The molecule has 0 spiro atoms. The first-order valence-electron chi connectivity index (χ1n) is 10.2. The van der Waals surface area contributed by atoms with Crippen LogP contribution in [0.25, 0.3) is 0 Å². The number of nitrogens with one attached hydrogen (secondary N) is 1. The quantitative estimate of drug-likeness (QED) is 0.612. The molecule has 1 aliphatic heterocycles. The summed E-state index contributed by atoms with van der Waals surface area (Å²) >= 11 is 6.25. The van der Waals surface area contributed by atoms with Gasteiger partial charge in [0.05, 0.1) is 6.61 Å². The van der Waals surface area contributed by atoms with Crippen molar-refractivity contribution in [2.24, 2.45) is 11.7 Å². The summed E-state index contributed by atoms with van der Waals surface area (Å²) in [6.07, 6.45) is 1.56. The van der Waals surface area contributed by atoms with Crippen molar-refractivity contribution in [1.82, 2.24) is 5.32 Å². The third-order valence-corrected chi connectivity index (χ3v) is 5.69. The summed E-state index contributed by atoms with van der Waals surface area (Å²) < 4.78 is 16.1. The molecule has 2 aliphatic rings. The number of halogens is 1. The second-order valence-corrected chi connectivity index (χ2v) is 8.10. The number of carbonyl (C=O) groups is 3. The maximum atomic E-state index is 12.8. The van der Waals surface area contributed by atoms with Gasteiger partial charge in [-0.3, -0.25) is 9.59 Å². The van der Waals surface area contributed by atoms with Crippen LogP contribution in [0.2, 0.25) is 5.02 Å². The molecule has 1 aliphatic carbocycles. The van der Waals surface area contributed by atoms with Crippen molar-refractivity contribution in [3.05, 3.63) is 34.3 Å². The molecule has 2 fully saturated rings. The summed E-state index contributed by atoms with van der Waals surface area (Å²) in [5.41, 5.74) is 5.68. The predicted molar refractivity (Wildman–Crippen MR) is 109 cm³/mol. The zero-order valence-electron chi connectivity index (χ0n) is 16.9. The highest BCUT2D eigenvalue weighted by molar-refractivity contribution is 6.32. The molecule has 1 saturated carbocycles. The summed E-state index contributed by atoms with van der Waals surface area (Å²) in [5, 5.41) is 3.27. The van der Waals surface area contributed by atoms with Gasteiger partial charge in [0.1, 0.15) is 0 Å². The first-order valence-corrected chi connectivity index (χ1v) is 10.5. The largest absolute Gasteiger partial charge is 0.439 e. The van der Waals surface area contributed by atoms with E-state index in [0.29, 0.717) is 22.8 Å². The highest BCUT2D eigenvalue weighted by Crippen LogP contribution is 2.32. The van der Waals surface area contributed by atoms with E-state index in [1.165, 1.54) is 6.92 Å². The fraction of sp³-hybridized carbons (Fsp3) is 0.571. The molecule has 30 heavy (non-hydrogen) atoms. The third-order valence-electron chi connectivity index (χ3n) is 5.33. The molecule has 3 rings (SSSR count). The van der Waals surface area contributed by atoms with Gasteiger partial charge in [-0.25, -0.2) is 4.79 Å². The summed E-state index contributed by atoms with van der Waals surface area (Å²) in [5.74, 6) is -0.459. The van der Waals surface area contributed by atoms with Gasteiger partial charge in [-0.2, -0.15) is 0 Å². The molecule has 8 nitrogen and oxygen atoms in total. The summed E-state index contributed by atoms with van der Waals surface area (Å²) in [7, 11) is 0. The molecule has 1 aromatic rings. The molecule has 0 bridgehead atoms. The summed E-state index contributed by atoms with van der Waals surface area (Å²) in [4.78, 5) is 36.0. The number of benzene rings is 1. The number of nitrogens with two attached hydrogens (primary N) is 1. The van der Waals surface area contributed by atoms with Crippen LogP contribution in [-0.4, -0.2) is 49.4 Å². The molecule has 3 N–H and O–H groups in total. The number of hydrogen-bond donors (Lipinski definition) is 2. The Balaban J connectivity index is 1.55. The van der Waals surface area contributed by atoms with Crippen LogP contribution in [0.4, 0.5) is 4.79 Å². The second kappa shape index (κ2) is 10.2. The van der Waals surface area contributed by atoms with Gasteiger partial charge in [0.25, 0.3) is 5.91 Å². The van der Waals surface area contributed by atoms with Gasteiger partial charge < -0.3 is 25.3 Å². The fourth-order valence-electron chi connectivity index (χ4n) is 3.44. The number of primary amides is 1. The minimum Gasteiger partial charge on any atom is -0.439 e. The lowest BCUT2D eigenvalue weighted by atomic mass is 9.99. The summed E-state index contributed by atoms with van der Waals surface area (Å²) in [6.45, 7) is 2.70. The van der Waals surface area contributed by atoms with Crippen LogP contribution >= 0.6 is 11.6 Å². The van der Waals surface area contributed by atoms with Gasteiger partial charge in [-0.1, -0.05) is 17.7 Å². The van der Waals surface area contributed by atoms with E-state index >= 15 is 0 Å². The molecule has 2 amide bonds. The average Bonchev–Trinajstić information content (AvgIpc) is 3.45. The van der Waals surface area contributed by atoms with E-state index in [1.807, 2.05) is 0 Å². The highest BCUT2D eigenvalue weighted by atomic mass is 35.5. The number of ether oxygens (including phenoxy) is 3.